The molecule has 0 amide bonds. The Morgan fingerprint density at radius 2 is 1.76 bits per heavy atom. The molecule has 1 aromatic carbocycles. The van der Waals surface area contributed by atoms with Gasteiger partial charge in [0.15, 0.2) is 0 Å². The van der Waals surface area contributed by atoms with E-state index in [1.54, 1.807) is 6.07 Å². The highest BCUT2D eigenvalue weighted by atomic mass is 35.5. The van der Waals surface area contributed by atoms with Crippen LogP contribution in [0.15, 0.2) is 18.2 Å². The summed E-state index contributed by atoms with van der Waals surface area (Å²) in [5.41, 5.74) is 0.837. The Morgan fingerprint density at radius 1 is 1.19 bits per heavy atom. The summed E-state index contributed by atoms with van der Waals surface area (Å²) < 4.78 is 6.25. The van der Waals surface area contributed by atoms with Gasteiger partial charge in [0.2, 0.25) is 0 Å². The zero-order chi connectivity index (χ0) is 15.8. The van der Waals surface area contributed by atoms with Gasteiger partial charge in [0.25, 0.3) is 0 Å². The summed E-state index contributed by atoms with van der Waals surface area (Å²) in [5, 5.41) is 4.95. The van der Waals surface area contributed by atoms with Crippen LogP contribution in [0.2, 0.25) is 10.0 Å². The second-order valence-corrected chi connectivity index (χ2v) is 7.89. The number of halogens is 2. The number of nitrogens with one attached hydrogen (secondary N) is 1. The largest absolute Gasteiger partial charge is 0.369 e. The van der Waals surface area contributed by atoms with Gasteiger partial charge in [0.1, 0.15) is 0 Å². The maximum Gasteiger partial charge on any atom is 0.0681 e. The minimum Gasteiger partial charge on any atom is -0.369 e. The lowest BCUT2D eigenvalue weighted by molar-refractivity contribution is -0.0778. The Labute approximate surface area is 138 Å². The number of benzene rings is 1. The molecule has 1 saturated heterocycles. The summed E-state index contributed by atoms with van der Waals surface area (Å²) in [5.74, 6) is 0.363. The highest BCUT2D eigenvalue weighted by Crippen LogP contribution is 2.48. The molecule has 1 aliphatic rings. The fourth-order valence-corrected chi connectivity index (χ4v) is 4.13. The molecule has 1 N–H and O–H groups in total. The first kappa shape index (κ1) is 17.1. The fraction of sp³-hybridized carbons (Fsp3) is 0.647. The van der Waals surface area contributed by atoms with E-state index in [0.717, 1.165) is 18.5 Å². The third-order valence-electron chi connectivity index (χ3n) is 4.21. The van der Waals surface area contributed by atoms with E-state index in [1.165, 1.54) is 0 Å². The van der Waals surface area contributed by atoms with Crippen LogP contribution in [0.5, 0.6) is 0 Å². The van der Waals surface area contributed by atoms with E-state index in [1.807, 2.05) is 12.1 Å². The van der Waals surface area contributed by atoms with Crippen molar-refractivity contribution in [1.82, 2.24) is 5.32 Å². The van der Waals surface area contributed by atoms with Gasteiger partial charge >= 0.3 is 0 Å². The summed E-state index contributed by atoms with van der Waals surface area (Å²) in [4.78, 5) is 0. The molecule has 0 aliphatic carbocycles. The van der Waals surface area contributed by atoms with Crippen LogP contribution in [0.3, 0.4) is 0 Å². The topological polar surface area (TPSA) is 21.3 Å². The van der Waals surface area contributed by atoms with Gasteiger partial charge in [-0.3, -0.25) is 0 Å². The van der Waals surface area contributed by atoms with Crippen LogP contribution in [0.25, 0.3) is 0 Å². The second kappa shape index (κ2) is 6.08. The second-order valence-electron chi connectivity index (χ2n) is 7.01. The summed E-state index contributed by atoms with van der Waals surface area (Å²) in [6.45, 7) is 11.7. The van der Waals surface area contributed by atoms with Crippen molar-refractivity contribution in [2.45, 2.75) is 58.3 Å². The van der Waals surface area contributed by atoms with Crippen molar-refractivity contribution in [2.24, 2.45) is 5.92 Å². The monoisotopic (exact) mass is 329 g/mol. The summed E-state index contributed by atoms with van der Waals surface area (Å²) >= 11 is 12.4. The maximum absolute atomic E-state index is 6.25. The smallest absolute Gasteiger partial charge is 0.0681 e. The summed E-state index contributed by atoms with van der Waals surface area (Å²) in [6, 6.07) is 5.96. The van der Waals surface area contributed by atoms with Gasteiger partial charge in [-0.15, -0.1) is 0 Å². The number of rotatable bonds is 4. The molecule has 4 heteroatoms. The molecule has 1 aromatic rings. The molecule has 0 spiro atoms. The van der Waals surface area contributed by atoms with Gasteiger partial charge in [-0.05, 0) is 64.4 Å². The molecule has 2 unspecified atom stereocenters. The van der Waals surface area contributed by atoms with Gasteiger partial charge in [-0.25, -0.2) is 0 Å². The van der Waals surface area contributed by atoms with Crippen molar-refractivity contribution in [1.29, 1.82) is 0 Å². The average molecular weight is 330 g/mol. The lowest BCUT2D eigenvalue weighted by Crippen LogP contribution is -2.38. The van der Waals surface area contributed by atoms with Crippen LogP contribution in [0, 0.1) is 5.92 Å². The first-order chi connectivity index (χ1) is 9.64. The molecule has 2 rings (SSSR count). The van der Waals surface area contributed by atoms with Crippen molar-refractivity contribution in [2.75, 3.05) is 6.54 Å². The van der Waals surface area contributed by atoms with Crippen LogP contribution >= 0.6 is 23.2 Å². The third kappa shape index (κ3) is 3.92. The van der Waals surface area contributed by atoms with Gasteiger partial charge in [0, 0.05) is 22.0 Å². The highest BCUT2D eigenvalue weighted by Gasteiger charge is 2.49. The van der Waals surface area contributed by atoms with Crippen molar-refractivity contribution < 1.29 is 4.74 Å². The van der Waals surface area contributed by atoms with Gasteiger partial charge < -0.3 is 10.1 Å². The fourth-order valence-electron chi connectivity index (χ4n) is 3.59. The Balaban J connectivity index is 2.39. The molecule has 1 fully saturated rings. The van der Waals surface area contributed by atoms with Crippen molar-refractivity contribution in [3.63, 3.8) is 0 Å². The maximum atomic E-state index is 6.25. The van der Waals surface area contributed by atoms with Crippen LogP contribution in [-0.2, 0) is 4.74 Å². The zero-order valence-electron chi connectivity index (χ0n) is 13.5. The predicted octanol–water partition coefficient (Wildman–Crippen LogP) is 5.24. The number of hydrogen-bond donors (Lipinski definition) is 1. The van der Waals surface area contributed by atoms with Gasteiger partial charge in [-0.1, -0.05) is 30.1 Å². The Bertz CT molecular complexity index is 493. The molecule has 0 radical (unpaired) electrons. The molecular weight excluding hydrogens is 305 g/mol. The third-order valence-corrected chi connectivity index (χ3v) is 4.65. The van der Waals surface area contributed by atoms with Crippen LogP contribution < -0.4 is 5.32 Å². The lowest BCUT2D eigenvalue weighted by Gasteiger charge is -2.34. The first-order valence-corrected chi connectivity index (χ1v) is 8.30. The van der Waals surface area contributed by atoms with E-state index in [9.17, 15) is 0 Å². The molecular formula is C17H25Cl2NO. The molecule has 0 bridgehead atoms. The molecule has 1 heterocycles. The van der Waals surface area contributed by atoms with E-state index < -0.39 is 0 Å². The standard InChI is InChI=1S/C17H25Cl2NO/c1-6-20-15(11-7-12(18)9-13(19)8-11)14-10-16(2,3)21-17(14,4)5/h7-9,14-15,20H,6,10H2,1-5H3. The lowest BCUT2D eigenvalue weighted by atomic mass is 9.79. The van der Waals surface area contributed by atoms with Gasteiger partial charge in [-0.2, -0.15) is 0 Å². The number of hydrogen-bond acceptors (Lipinski definition) is 2. The summed E-state index contributed by atoms with van der Waals surface area (Å²) in [7, 11) is 0. The quantitative estimate of drug-likeness (QED) is 0.815. The van der Waals surface area contributed by atoms with Crippen molar-refractivity contribution in [3.05, 3.63) is 33.8 Å². The Morgan fingerprint density at radius 3 is 2.19 bits per heavy atom. The molecule has 2 atom stereocenters. The van der Waals surface area contributed by atoms with E-state index >= 15 is 0 Å². The van der Waals surface area contributed by atoms with Crippen molar-refractivity contribution in [3.8, 4) is 0 Å². The molecule has 21 heavy (non-hydrogen) atoms. The Hall–Kier alpha value is -0.280. The van der Waals surface area contributed by atoms with Crippen LogP contribution in [0.1, 0.15) is 52.6 Å². The normalized spacial score (nSPS) is 25.0. The Kier molecular flexibility index (Phi) is 4.94. The predicted molar refractivity (Wildman–Crippen MR) is 90.2 cm³/mol. The highest BCUT2D eigenvalue weighted by molar-refractivity contribution is 6.34. The minimum absolute atomic E-state index is 0.107. The van der Waals surface area contributed by atoms with Crippen LogP contribution in [-0.4, -0.2) is 17.7 Å². The van der Waals surface area contributed by atoms with E-state index in [2.05, 4.69) is 39.9 Å². The van der Waals surface area contributed by atoms with Crippen molar-refractivity contribution >= 4 is 23.2 Å². The molecule has 0 aromatic heterocycles. The minimum atomic E-state index is -0.189. The average Bonchev–Trinajstić information content (AvgIpc) is 2.52. The molecule has 1 aliphatic heterocycles. The molecule has 0 saturated carbocycles. The number of ether oxygens (including phenoxy) is 1. The van der Waals surface area contributed by atoms with E-state index in [0.29, 0.717) is 16.0 Å². The first-order valence-electron chi connectivity index (χ1n) is 7.54. The molecule has 2 nitrogen and oxygen atoms in total. The zero-order valence-corrected chi connectivity index (χ0v) is 15.0. The van der Waals surface area contributed by atoms with E-state index in [-0.39, 0.29) is 17.2 Å². The SMILES string of the molecule is CCNC(c1cc(Cl)cc(Cl)c1)C1CC(C)(C)OC1(C)C. The van der Waals surface area contributed by atoms with Crippen LogP contribution in [0.4, 0.5) is 0 Å². The summed E-state index contributed by atoms with van der Waals surface area (Å²) in [6.07, 6.45) is 1.00. The van der Waals surface area contributed by atoms with E-state index in [4.69, 9.17) is 27.9 Å². The van der Waals surface area contributed by atoms with Gasteiger partial charge in [0.05, 0.1) is 11.2 Å². The molecule has 118 valence electrons.